The first-order valence-electron chi connectivity index (χ1n) is 8.67. The maximum absolute atomic E-state index is 12.7. The van der Waals surface area contributed by atoms with Gasteiger partial charge in [-0.2, -0.15) is 0 Å². The molecular weight excluding hydrogens is 248 g/mol. The number of hydrogen-bond donors (Lipinski definition) is 1. The van der Waals surface area contributed by atoms with Crippen LogP contribution in [0.5, 0.6) is 0 Å². The van der Waals surface area contributed by atoms with E-state index in [0.717, 1.165) is 32.5 Å². The minimum absolute atomic E-state index is 0.422. The molecule has 0 aromatic rings. The molecule has 2 aliphatic rings. The summed E-state index contributed by atoms with van der Waals surface area (Å²) < 4.78 is 0. The Labute approximate surface area is 124 Å². The Morgan fingerprint density at radius 1 is 1.20 bits per heavy atom. The molecule has 1 heterocycles. The molecule has 0 bridgehead atoms. The third kappa shape index (κ3) is 4.76. The molecule has 1 aliphatic carbocycles. The summed E-state index contributed by atoms with van der Waals surface area (Å²) in [6.07, 6.45) is 9.43. The number of nitrogens with one attached hydrogen (secondary N) is 1. The highest BCUT2D eigenvalue weighted by Crippen LogP contribution is 2.26. The second-order valence-electron chi connectivity index (χ2n) is 7.12. The van der Waals surface area contributed by atoms with Crippen molar-refractivity contribution < 1.29 is 4.79 Å². The highest BCUT2D eigenvalue weighted by atomic mass is 16.2. The van der Waals surface area contributed by atoms with E-state index in [9.17, 15) is 4.79 Å². The van der Waals surface area contributed by atoms with Gasteiger partial charge in [0.05, 0.1) is 0 Å². The fourth-order valence-electron chi connectivity index (χ4n) is 3.59. The number of amides is 1. The van der Waals surface area contributed by atoms with Crippen molar-refractivity contribution in [2.75, 3.05) is 19.6 Å². The third-order valence-corrected chi connectivity index (χ3v) is 4.90. The maximum atomic E-state index is 12.7. The van der Waals surface area contributed by atoms with Crippen LogP contribution in [0.4, 0.5) is 0 Å². The lowest BCUT2D eigenvalue weighted by atomic mass is 9.95. The van der Waals surface area contributed by atoms with Crippen molar-refractivity contribution in [2.24, 2.45) is 11.8 Å². The fourth-order valence-corrected chi connectivity index (χ4v) is 3.59. The molecule has 2 fully saturated rings. The number of nitrogens with zero attached hydrogens (tertiary/aromatic N) is 1. The van der Waals surface area contributed by atoms with Gasteiger partial charge in [-0.25, -0.2) is 0 Å². The van der Waals surface area contributed by atoms with Crippen LogP contribution in [0, 0.1) is 11.8 Å². The Balaban J connectivity index is 1.87. The molecule has 1 amide bonds. The Bertz CT molecular complexity index is 291. The quantitative estimate of drug-likeness (QED) is 0.810. The van der Waals surface area contributed by atoms with Crippen LogP contribution in [0.1, 0.15) is 65.2 Å². The molecule has 3 nitrogen and oxygen atoms in total. The molecule has 0 aromatic heterocycles. The summed E-state index contributed by atoms with van der Waals surface area (Å²) >= 11 is 0. The molecule has 1 atom stereocenters. The van der Waals surface area contributed by atoms with Crippen molar-refractivity contribution in [3.63, 3.8) is 0 Å². The van der Waals surface area contributed by atoms with Gasteiger partial charge in [0.25, 0.3) is 0 Å². The molecule has 1 N–H and O–H groups in total. The van der Waals surface area contributed by atoms with Gasteiger partial charge < -0.3 is 10.2 Å². The Kier molecular flexibility index (Phi) is 6.34. The van der Waals surface area contributed by atoms with Gasteiger partial charge in [0, 0.05) is 19.0 Å². The molecule has 2 rings (SSSR count). The monoisotopic (exact) mass is 280 g/mol. The minimum Gasteiger partial charge on any atom is -0.340 e. The number of carbonyl (C=O) groups is 1. The van der Waals surface area contributed by atoms with Crippen molar-refractivity contribution >= 4 is 5.91 Å². The standard InChI is InChI=1S/C17H32N2O/c1-14(2)9-11-19(16-7-3-4-8-16)17(20)12-15-6-5-10-18-13-15/h14-16,18H,3-13H2,1-2H3. The van der Waals surface area contributed by atoms with Crippen LogP contribution in [0.15, 0.2) is 0 Å². The summed E-state index contributed by atoms with van der Waals surface area (Å²) in [7, 11) is 0. The summed E-state index contributed by atoms with van der Waals surface area (Å²) in [5, 5.41) is 3.43. The molecule has 0 spiro atoms. The summed E-state index contributed by atoms with van der Waals surface area (Å²) in [4.78, 5) is 14.9. The summed E-state index contributed by atoms with van der Waals surface area (Å²) in [6.45, 7) is 7.64. The zero-order valence-electron chi connectivity index (χ0n) is 13.4. The van der Waals surface area contributed by atoms with Crippen LogP contribution in [0.2, 0.25) is 0 Å². The third-order valence-electron chi connectivity index (χ3n) is 4.90. The van der Waals surface area contributed by atoms with E-state index in [1.807, 2.05) is 0 Å². The van der Waals surface area contributed by atoms with Crippen molar-refractivity contribution in [3.8, 4) is 0 Å². The second-order valence-corrected chi connectivity index (χ2v) is 7.12. The van der Waals surface area contributed by atoms with Crippen LogP contribution >= 0.6 is 0 Å². The van der Waals surface area contributed by atoms with Crippen LogP contribution in [-0.4, -0.2) is 36.5 Å². The summed E-state index contributed by atoms with van der Waals surface area (Å²) in [5.74, 6) is 1.67. The number of carbonyl (C=O) groups excluding carboxylic acids is 1. The van der Waals surface area contributed by atoms with E-state index in [2.05, 4.69) is 24.1 Å². The minimum atomic E-state index is 0.422. The van der Waals surface area contributed by atoms with E-state index < -0.39 is 0 Å². The normalized spacial score (nSPS) is 24.2. The van der Waals surface area contributed by atoms with Gasteiger partial charge in [0.15, 0.2) is 0 Å². The van der Waals surface area contributed by atoms with E-state index in [0.29, 0.717) is 23.8 Å². The highest BCUT2D eigenvalue weighted by molar-refractivity contribution is 5.76. The molecule has 1 unspecified atom stereocenters. The molecule has 0 aromatic carbocycles. The molecule has 116 valence electrons. The molecule has 1 aliphatic heterocycles. The van der Waals surface area contributed by atoms with Crippen molar-refractivity contribution in [3.05, 3.63) is 0 Å². The molecule has 3 heteroatoms. The van der Waals surface area contributed by atoms with Gasteiger partial charge in [-0.3, -0.25) is 4.79 Å². The predicted octanol–water partition coefficient (Wildman–Crippen LogP) is 3.19. The molecular formula is C17H32N2O. The van der Waals surface area contributed by atoms with Gasteiger partial charge in [-0.05, 0) is 57.0 Å². The average molecular weight is 280 g/mol. The van der Waals surface area contributed by atoms with Crippen LogP contribution < -0.4 is 5.32 Å². The van der Waals surface area contributed by atoms with E-state index in [-0.39, 0.29) is 0 Å². The lowest BCUT2D eigenvalue weighted by Crippen LogP contribution is -2.42. The van der Waals surface area contributed by atoms with E-state index in [1.54, 1.807) is 0 Å². The van der Waals surface area contributed by atoms with Crippen LogP contribution in [-0.2, 0) is 4.79 Å². The average Bonchev–Trinajstić information content (AvgIpc) is 2.93. The van der Waals surface area contributed by atoms with Crippen LogP contribution in [0.25, 0.3) is 0 Å². The van der Waals surface area contributed by atoms with Gasteiger partial charge in [0.2, 0.25) is 5.91 Å². The summed E-state index contributed by atoms with van der Waals surface area (Å²) in [6, 6.07) is 0.540. The zero-order chi connectivity index (χ0) is 14.4. The maximum Gasteiger partial charge on any atom is 0.223 e. The first-order chi connectivity index (χ1) is 9.66. The topological polar surface area (TPSA) is 32.3 Å². The van der Waals surface area contributed by atoms with Gasteiger partial charge in [0.1, 0.15) is 0 Å². The lowest BCUT2D eigenvalue weighted by molar-refractivity contribution is -0.134. The Hall–Kier alpha value is -0.570. The van der Waals surface area contributed by atoms with E-state index in [4.69, 9.17) is 0 Å². The van der Waals surface area contributed by atoms with Gasteiger partial charge in [-0.15, -0.1) is 0 Å². The first kappa shape index (κ1) is 15.8. The van der Waals surface area contributed by atoms with Crippen molar-refractivity contribution in [2.45, 2.75) is 71.3 Å². The largest absolute Gasteiger partial charge is 0.340 e. The number of rotatable bonds is 6. The van der Waals surface area contributed by atoms with Gasteiger partial charge >= 0.3 is 0 Å². The highest BCUT2D eigenvalue weighted by Gasteiger charge is 2.28. The van der Waals surface area contributed by atoms with E-state index >= 15 is 0 Å². The molecule has 0 radical (unpaired) electrons. The summed E-state index contributed by atoms with van der Waals surface area (Å²) in [5.41, 5.74) is 0. The van der Waals surface area contributed by atoms with Crippen LogP contribution in [0.3, 0.4) is 0 Å². The second kappa shape index (κ2) is 8.02. The number of hydrogen-bond acceptors (Lipinski definition) is 2. The van der Waals surface area contributed by atoms with Crippen molar-refractivity contribution in [1.82, 2.24) is 10.2 Å². The molecule has 1 saturated carbocycles. The van der Waals surface area contributed by atoms with Gasteiger partial charge in [-0.1, -0.05) is 26.7 Å². The predicted molar refractivity (Wildman–Crippen MR) is 83.6 cm³/mol. The lowest BCUT2D eigenvalue weighted by Gasteiger charge is -2.32. The molecule has 1 saturated heterocycles. The SMILES string of the molecule is CC(C)CCN(C(=O)CC1CCCNC1)C1CCCC1. The first-order valence-corrected chi connectivity index (χ1v) is 8.67. The Morgan fingerprint density at radius 3 is 2.55 bits per heavy atom. The zero-order valence-corrected chi connectivity index (χ0v) is 13.4. The smallest absolute Gasteiger partial charge is 0.223 e. The molecule has 20 heavy (non-hydrogen) atoms. The van der Waals surface area contributed by atoms with E-state index in [1.165, 1.54) is 38.5 Å². The Morgan fingerprint density at radius 2 is 1.95 bits per heavy atom. The fraction of sp³-hybridized carbons (Fsp3) is 0.941. The van der Waals surface area contributed by atoms with Crippen molar-refractivity contribution in [1.29, 1.82) is 0 Å². The number of piperidine rings is 1.